The minimum Gasteiger partial charge on any atom is -0.497 e. The summed E-state index contributed by atoms with van der Waals surface area (Å²) in [7, 11) is 1.65. The van der Waals surface area contributed by atoms with Crippen molar-refractivity contribution in [3.8, 4) is 5.75 Å². The summed E-state index contributed by atoms with van der Waals surface area (Å²) in [6.45, 7) is 0. The van der Waals surface area contributed by atoms with Crippen molar-refractivity contribution in [3.63, 3.8) is 0 Å². The zero-order valence-electron chi connectivity index (χ0n) is 11.8. The fraction of sp³-hybridized carbons (Fsp3) is 0.0625. The second-order valence-electron chi connectivity index (χ2n) is 4.71. The number of benzene rings is 1. The summed E-state index contributed by atoms with van der Waals surface area (Å²) in [5.74, 6) is 1.61. The summed E-state index contributed by atoms with van der Waals surface area (Å²) in [6.07, 6.45) is 3.37. The Bertz CT molecular complexity index is 949. The summed E-state index contributed by atoms with van der Waals surface area (Å²) in [5, 5.41) is 4.39. The second kappa shape index (κ2) is 5.23. The molecule has 0 saturated carbocycles. The molecular weight excluding hydrogens is 296 g/mol. The van der Waals surface area contributed by atoms with E-state index in [-0.39, 0.29) is 0 Å². The van der Waals surface area contributed by atoms with Gasteiger partial charge in [0.15, 0.2) is 5.82 Å². The zero-order chi connectivity index (χ0) is 14.9. The molecule has 4 aromatic rings. The predicted octanol–water partition coefficient (Wildman–Crippen LogP) is 3.99. The van der Waals surface area contributed by atoms with Crippen LogP contribution in [-0.4, -0.2) is 22.1 Å². The van der Waals surface area contributed by atoms with Crippen molar-refractivity contribution >= 4 is 43.3 Å². The van der Waals surface area contributed by atoms with E-state index in [1.807, 2.05) is 36.4 Å². The van der Waals surface area contributed by atoms with Crippen LogP contribution < -0.4 is 10.1 Å². The fourth-order valence-electron chi connectivity index (χ4n) is 2.31. The number of hydrogen-bond acceptors (Lipinski definition) is 6. The highest BCUT2D eigenvalue weighted by molar-refractivity contribution is 7.25. The summed E-state index contributed by atoms with van der Waals surface area (Å²) in [5.41, 5.74) is 1.88. The largest absolute Gasteiger partial charge is 0.497 e. The van der Waals surface area contributed by atoms with Gasteiger partial charge in [-0.15, -0.1) is 11.3 Å². The van der Waals surface area contributed by atoms with Crippen LogP contribution in [0.3, 0.4) is 0 Å². The zero-order valence-corrected chi connectivity index (χ0v) is 12.6. The van der Waals surface area contributed by atoms with Gasteiger partial charge in [0.2, 0.25) is 0 Å². The minimum absolute atomic E-state index is 0.790. The Morgan fingerprint density at radius 1 is 1.05 bits per heavy atom. The Morgan fingerprint density at radius 3 is 2.73 bits per heavy atom. The van der Waals surface area contributed by atoms with Crippen LogP contribution in [0.1, 0.15) is 0 Å². The third kappa shape index (κ3) is 2.14. The number of methoxy groups -OCH3 is 1. The first-order valence-corrected chi connectivity index (χ1v) is 7.56. The average molecular weight is 308 g/mol. The van der Waals surface area contributed by atoms with Crippen LogP contribution in [0.2, 0.25) is 0 Å². The van der Waals surface area contributed by atoms with Crippen LogP contribution in [0.4, 0.5) is 11.5 Å². The van der Waals surface area contributed by atoms with Crippen LogP contribution in [0.25, 0.3) is 20.4 Å². The molecule has 4 rings (SSSR count). The van der Waals surface area contributed by atoms with E-state index < -0.39 is 0 Å². The Balaban J connectivity index is 1.80. The summed E-state index contributed by atoms with van der Waals surface area (Å²) >= 11 is 1.59. The lowest BCUT2D eigenvalue weighted by atomic mass is 10.3. The first kappa shape index (κ1) is 13.0. The van der Waals surface area contributed by atoms with Gasteiger partial charge in [-0.1, -0.05) is 0 Å². The maximum Gasteiger partial charge on any atom is 0.151 e. The van der Waals surface area contributed by atoms with Crippen LogP contribution >= 0.6 is 11.3 Å². The average Bonchev–Trinajstić information content (AvgIpc) is 2.95. The van der Waals surface area contributed by atoms with Crippen LogP contribution in [0.5, 0.6) is 5.75 Å². The lowest BCUT2D eigenvalue weighted by Gasteiger charge is -2.07. The summed E-state index contributed by atoms with van der Waals surface area (Å²) in [6, 6.07) is 11.7. The second-order valence-corrected chi connectivity index (χ2v) is 5.71. The molecule has 0 aliphatic rings. The molecule has 0 saturated heterocycles. The van der Waals surface area contributed by atoms with Gasteiger partial charge in [-0.3, -0.25) is 0 Å². The highest BCUT2D eigenvalue weighted by Crippen LogP contribution is 2.35. The highest BCUT2D eigenvalue weighted by Gasteiger charge is 2.11. The lowest BCUT2D eigenvalue weighted by molar-refractivity contribution is 0.415. The van der Waals surface area contributed by atoms with Crippen molar-refractivity contribution in [3.05, 3.63) is 48.9 Å². The molecule has 108 valence electrons. The smallest absolute Gasteiger partial charge is 0.151 e. The summed E-state index contributed by atoms with van der Waals surface area (Å²) in [4.78, 5) is 14.1. The van der Waals surface area contributed by atoms with E-state index >= 15 is 0 Å². The number of ether oxygens (including phenoxy) is 1. The maximum absolute atomic E-state index is 5.17. The molecule has 1 aromatic carbocycles. The van der Waals surface area contributed by atoms with Gasteiger partial charge in [0, 0.05) is 17.3 Å². The van der Waals surface area contributed by atoms with Gasteiger partial charge in [-0.25, -0.2) is 15.0 Å². The molecule has 0 unspecified atom stereocenters. The Labute approximate surface area is 130 Å². The molecule has 0 atom stereocenters. The predicted molar refractivity (Wildman–Crippen MR) is 89.0 cm³/mol. The van der Waals surface area contributed by atoms with Gasteiger partial charge in [-0.05, 0) is 36.4 Å². The van der Waals surface area contributed by atoms with Gasteiger partial charge in [-0.2, -0.15) is 0 Å². The highest BCUT2D eigenvalue weighted by atomic mass is 32.1. The number of anilines is 2. The van der Waals surface area contributed by atoms with Crippen molar-refractivity contribution < 1.29 is 4.74 Å². The number of rotatable bonds is 3. The van der Waals surface area contributed by atoms with Gasteiger partial charge in [0.05, 0.1) is 17.3 Å². The topological polar surface area (TPSA) is 59.9 Å². The molecule has 0 fully saturated rings. The molecule has 22 heavy (non-hydrogen) atoms. The molecular formula is C16H12N4OS. The maximum atomic E-state index is 5.17. The van der Waals surface area contributed by atoms with E-state index in [9.17, 15) is 0 Å². The monoisotopic (exact) mass is 308 g/mol. The van der Waals surface area contributed by atoms with Gasteiger partial charge < -0.3 is 10.1 Å². The Morgan fingerprint density at radius 2 is 1.91 bits per heavy atom. The molecule has 0 spiro atoms. The number of nitrogens with zero attached hydrogens (tertiary/aromatic N) is 3. The van der Waals surface area contributed by atoms with E-state index in [1.165, 1.54) is 0 Å². The van der Waals surface area contributed by atoms with Gasteiger partial charge in [0.1, 0.15) is 16.9 Å². The molecule has 0 aliphatic heterocycles. The van der Waals surface area contributed by atoms with Crippen molar-refractivity contribution in [2.75, 3.05) is 12.4 Å². The van der Waals surface area contributed by atoms with E-state index in [4.69, 9.17) is 4.74 Å². The molecule has 0 bridgehead atoms. The van der Waals surface area contributed by atoms with Crippen molar-refractivity contribution in [2.45, 2.75) is 0 Å². The fourth-order valence-corrected chi connectivity index (χ4v) is 3.35. The normalized spacial score (nSPS) is 11.0. The number of thiophene rings is 1. The van der Waals surface area contributed by atoms with E-state index in [0.29, 0.717) is 0 Å². The van der Waals surface area contributed by atoms with Crippen molar-refractivity contribution in [1.29, 1.82) is 0 Å². The molecule has 0 amide bonds. The number of pyridine rings is 1. The molecule has 6 heteroatoms. The SMILES string of the molecule is COc1ccc(Nc2ncnc3c2sc2ncccc23)cc1. The first-order valence-electron chi connectivity index (χ1n) is 6.74. The number of fused-ring (bicyclic) bond motifs is 3. The molecule has 0 aliphatic carbocycles. The van der Waals surface area contributed by atoms with Gasteiger partial charge in [0.25, 0.3) is 0 Å². The Kier molecular flexibility index (Phi) is 3.08. The first-order chi connectivity index (χ1) is 10.8. The third-order valence-corrected chi connectivity index (χ3v) is 4.49. The molecule has 3 aromatic heterocycles. The van der Waals surface area contributed by atoms with E-state index in [1.54, 1.807) is 31.0 Å². The van der Waals surface area contributed by atoms with E-state index in [2.05, 4.69) is 20.3 Å². The van der Waals surface area contributed by atoms with Crippen LogP contribution in [-0.2, 0) is 0 Å². The minimum atomic E-state index is 0.790. The number of hydrogen-bond donors (Lipinski definition) is 1. The van der Waals surface area contributed by atoms with Gasteiger partial charge >= 0.3 is 0 Å². The molecule has 1 N–H and O–H groups in total. The molecule has 3 heterocycles. The molecule has 5 nitrogen and oxygen atoms in total. The standard InChI is InChI=1S/C16H12N4OS/c1-21-11-6-4-10(5-7-11)20-15-14-13(18-9-19-15)12-3-2-8-17-16(12)22-14/h2-9H,1H3,(H,18,19,20). The quantitative estimate of drug-likeness (QED) is 0.620. The summed E-state index contributed by atoms with van der Waals surface area (Å²) < 4.78 is 6.18. The van der Waals surface area contributed by atoms with Crippen molar-refractivity contribution in [2.24, 2.45) is 0 Å². The van der Waals surface area contributed by atoms with E-state index in [0.717, 1.165) is 37.7 Å². The Hall–Kier alpha value is -2.73. The van der Waals surface area contributed by atoms with Crippen molar-refractivity contribution in [1.82, 2.24) is 15.0 Å². The number of nitrogens with one attached hydrogen (secondary N) is 1. The lowest BCUT2D eigenvalue weighted by Crippen LogP contribution is -1.94. The van der Waals surface area contributed by atoms with Crippen LogP contribution in [0.15, 0.2) is 48.9 Å². The third-order valence-electron chi connectivity index (χ3n) is 3.38. The van der Waals surface area contributed by atoms with Crippen LogP contribution in [0, 0.1) is 0 Å². The number of aromatic nitrogens is 3. The molecule has 0 radical (unpaired) electrons.